The molecule has 0 amide bonds. The van der Waals surface area contributed by atoms with Crippen LogP contribution < -0.4 is 0 Å². The summed E-state index contributed by atoms with van der Waals surface area (Å²) in [5.41, 5.74) is 2.49. The van der Waals surface area contributed by atoms with Crippen LogP contribution in [0.3, 0.4) is 0 Å². The molecule has 0 spiro atoms. The van der Waals surface area contributed by atoms with Gasteiger partial charge in [-0.3, -0.25) is 4.99 Å². The maximum absolute atomic E-state index is 4.55. The maximum atomic E-state index is 4.55. The fourth-order valence-electron chi connectivity index (χ4n) is 2.23. The van der Waals surface area contributed by atoms with Gasteiger partial charge in [0.2, 0.25) is 0 Å². The third-order valence-electron chi connectivity index (χ3n) is 2.40. The van der Waals surface area contributed by atoms with Crippen molar-refractivity contribution < 1.29 is 0 Å². The second-order valence-corrected chi connectivity index (χ2v) is 7.99. The highest BCUT2D eigenvalue weighted by Gasteiger charge is 2.18. The number of rotatable bonds is 5. The smallest absolute Gasteiger partial charge is 0.407 e. The molecule has 0 heterocycles. The lowest BCUT2D eigenvalue weighted by molar-refractivity contribution is 0.442. The highest BCUT2D eigenvalue weighted by atomic mass is 27.2. The summed E-state index contributed by atoms with van der Waals surface area (Å²) in [5, 5.41) is 0. The number of hydrogen-bond acceptors (Lipinski definition) is 2. The van der Waals surface area contributed by atoms with Crippen molar-refractivity contribution in [3.05, 3.63) is 11.8 Å². The van der Waals surface area contributed by atoms with Crippen molar-refractivity contribution in [1.82, 2.24) is 3.88 Å². The summed E-state index contributed by atoms with van der Waals surface area (Å²) in [6.45, 7) is 13.0. The van der Waals surface area contributed by atoms with Gasteiger partial charge in [0.1, 0.15) is 0 Å². The molecule has 0 N–H and O–H groups in total. The van der Waals surface area contributed by atoms with E-state index in [4.69, 9.17) is 0 Å². The zero-order valence-corrected chi connectivity index (χ0v) is 13.4. The molecule has 0 aliphatic heterocycles. The third-order valence-corrected chi connectivity index (χ3v) is 4.52. The Balaban J connectivity index is 4.86. The Hall–Kier alpha value is -0.258. The van der Waals surface area contributed by atoms with E-state index >= 15 is 0 Å². The topological polar surface area (TPSA) is 15.6 Å². The summed E-state index contributed by atoms with van der Waals surface area (Å²) >= 11 is -0.786. The van der Waals surface area contributed by atoms with Crippen LogP contribution in [0.15, 0.2) is 16.8 Å². The molecule has 0 aliphatic carbocycles. The number of allylic oxidation sites excluding steroid dienone is 2. The lowest BCUT2D eigenvalue weighted by Crippen LogP contribution is -2.38. The molecule has 0 unspecified atom stereocenters. The van der Waals surface area contributed by atoms with E-state index in [0.29, 0.717) is 12.1 Å². The Morgan fingerprint density at radius 2 is 1.62 bits per heavy atom. The molecule has 0 bridgehead atoms. The van der Waals surface area contributed by atoms with Crippen molar-refractivity contribution in [2.24, 2.45) is 4.99 Å². The molecular weight excluding hydrogens is 211 g/mol. The average Bonchev–Trinajstić information content (AvgIpc) is 1.98. The Morgan fingerprint density at radius 1 is 1.12 bits per heavy atom. The molecular formula is C13H27AlN2. The lowest BCUT2D eigenvalue weighted by Gasteiger charge is -2.33. The molecule has 0 saturated heterocycles. The summed E-state index contributed by atoms with van der Waals surface area (Å²) in [7, 11) is 0. The van der Waals surface area contributed by atoms with Crippen LogP contribution in [0.25, 0.3) is 0 Å². The van der Waals surface area contributed by atoms with Crippen LogP contribution in [0.1, 0.15) is 41.5 Å². The minimum atomic E-state index is -0.786. The van der Waals surface area contributed by atoms with Crippen molar-refractivity contribution in [2.45, 2.75) is 65.2 Å². The van der Waals surface area contributed by atoms with Crippen molar-refractivity contribution >= 4 is 20.1 Å². The van der Waals surface area contributed by atoms with Crippen LogP contribution in [0.4, 0.5) is 0 Å². The predicted molar refractivity (Wildman–Crippen MR) is 76.5 cm³/mol. The van der Waals surface area contributed by atoms with Gasteiger partial charge in [0.05, 0.1) is 0 Å². The molecule has 2 nitrogen and oxygen atoms in total. The largest absolute Gasteiger partial charge is 0.464 e. The summed E-state index contributed by atoms with van der Waals surface area (Å²) in [6, 6.07) is 0.975. The van der Waals surface area contributed by atoms with Gasteiger partial charge in [-0.15, -0.1) is 0 Å². The zero-order chi connectivity index (χ0) is 12.9. The first-order valence-electron chi connectivity index (χ1n) is 6.26. The van der Waals surface area contributed by atoms with E-state index in [1.165, 1.54) is 5.70 Å². The maximum Gasteiger partial charge on any atom is 0.407 e. The van der Waals surface area contributed by atoms with Crippen molar-refractivity contribution in [1.29, 1.82) is 0 Å². The van der Waals surface area contributed by atoms with Gasteiger partial charge >= 0.3 is 14.4 Å². The van der Waals surface area contributed by atoms with Gasteiger partial charge in [0.15, 0.2) is 0 Å². The average molecular weight is 238 g/mol. The molecule has 0 fully saturated rings. The van der Waals surface area contributed by atoms with Gasteiger partial charge in [-0.1, -0.05) is 11.6 Å². The Morgan fingerprint density at radius 3 is 1.94 bits per heavy atom. The molecule has 0 saturated carbocycles. The molecule has 0 aromatic heterocycles. The first-order chi connectivity index (χ1) is 7.25. The first kappa shape index (κ1) is 15.7. The summed E-state index contributed by atoms with van der Waals surface area (Å²) < 4.78 is 2.55. The van der Waals surface area contributed by atoms with Gasteiger partial charge in [-0.05, 0) is 59.4 Å². The van der Waals surface area contributed by atoms with Crippen LogP contribution in [-0.4, -0.2) is 36.0 Å². The summed E-state index contributed by atoms with van der Waals surface area (Å²) in [4.78, 5) is 4.55. The van der Waals surface area contributed by atoms with Gasteiger partial charge < -0.3 is 3.88 Å². The molecule has 3 heteroatoms. The Kier molecular flexibility index (Phi) is 7.03. The molecule has 92 valence electrons. The minimum Gasteiger partial charge on any atom is -0.464 e. The normalized spacial score (nSPS) is 13.6. The monoisotopic (exact) mass is 238 g/mol. The predicted octanol–water partition coefficient (Wildman–Crippen LogP) is 3.72. The Bertz CT molecular complexity index is 257. The minimum absolute atomic E-state index is 0.382. The second kappa shape index (κ2) is 7.14. The first-order valence-corrected chi connectivity index (χ1v) is 9.09. The molecule has 0 rings (SSSR count). The van der Waals surface area contributed by atoms with E-state index in [0.717, 1.165) is 5.71 Å². The fourth-order valence-corrected chi connectivity index (χ4v) is 4.31. The molecule has 0 radical (unpaired) electrons. The van der Waals surface area contributed by atoms with E-state index in [1.54, 1.807) is 0 Å². The lowest BCUT2D eigenvalue weighted by atomic mass is 10.3. The Labute approximate surface area is 106 Å². The standard InChI is InChI=1S/C11H21N2.2CH3.Al/c1-8(2)12-10(5)7-11(6)13-9(3)4;;;/h7-9H,1-6H3;2*1H3;/q-1;;;+1/b10-7+,13-11?;;;. The second-order valence-electron chi connectivity index (χ2n) is 5.24. The summed E-state index contributed by atoms with van der Waals surface area (Å²) in [5.74, 6) is 4.73. The fraction of sp³-hybridized carbons (Fsp3) is 0.769. The number of hydrogen-bond donors (Lipinski definition) is 0. The van der Waals surface area contributed by atoms with Gasteiger partial charge in [-0.25, -0.2) is 0 Å². The number of nitrogens with zero attached hydrogens (tertiary/aromatic N) is 2. The van der Waals surface area contributed by atoms with Crippen molar-refractivity contribution in [2.75, 3.05) is 0 Å². The molecule has 0 aromatic carbocycles. The van der Waals surface area contributed by atoms with Gasteiger partial charge in [0.25, 0.3) is 0 Å². The van der Waals surface area contributed by atoms with Gasteiger partial charge in [-0.2, -0.15) is 0 Å². The van der Waals surface area contributed by atoms with Gasteiger partial charge in [0, 0.05) is 11.8 Å². The zero-order valence-electron chi connectivity index (χ0n) is 12.2. The van der Waals surface area contributed by atoms with Crippen LogP contribution in [0, 0.1) is 0 Å². The highest BCUT2D eigenvalue weighted by molar-refractivity contribution is 6.53. The van der Waals surface area contributed by atoms with E-state index in [2.05, 4.69) is 68.1 Å². The van der Waals surface area contributed by atoms with E-state index < -0.39 is 14.4 Å². The molecule has 16 heavy (non-hydrogen) atoms. The third kappa shape index (κ3) is 5.72. The van der Waals surface area contributed by atoms with Crippen LogP contribution in [-0.2, 0) is 0 Å². The highest BCUT2D eigenvalue weighted by Crippen LogP contribution is 2.12. The molecule has 0 atom stereocenters. The molecule has 0 aliphatic rings. The van der Waals surface area contributed by atoms with Crippen molar-refractivity contribution in [3.63, 3.8) is 0 Å². The summed E-state index contributed by atoms with van der Waals surface area (Å²) in [6.07, 6.45) is 2.22. The van der Waals surface area contributed by atoms with Crippen LogP contribution in [0.2, 0.25) is 11.6 Å². The van der Waals surface area contributed by atoms with E-state index in [-0.39, 0.29) is 0 Å². The molecule has 0 aromatic rings. The van der Waals surface area contributed by atoms with Crippen LogP contribution >= 0.6 is 0 Å². The number of aliphatic imine (C=N–C) groups is 1. The van der Waals surface area contributed by atoms with Crippen molar-refractivity contribution in [3.8, 4) is 0 Å². The van der Waals surface area contributed by atoms with Crippen LogP contribution in [0.5, 0.6) is 0 Å². The SMILES string of the molecule is CC(/C=C(\C)[N](C(C)C)[Al]([CH3])[CH3])=NC(C)C. The quantitative estimate of drug-likeness (QED) is 0.526. The van der Waals surface area contributed by atoms with E-state index in [9.17, 15) is 0 Å². The van der Waals surface area contributed by atoms with E-state index in [1.807, 2.05) is 0 Å².